The third kappa shape index (κ3) is 6.07. The fourth-order valence-corrected chi connectivity index (χ4v) is 3.13. The van der Waals surface area contributed by atoms with Gasteiger partial charge in [-0.3, -0.25) is 9.59 Å². The van der Waals surface area contributed by atoms with Gasteiger partial charge in [-0.15, -0.1) is 0 Å². The molecule has 1 N–H and O–H groups in total. The summed E-state index contributed by atoms with van der Waals surface area (Å²) in [5.74, 6) is 0.486. The molecule has 1 amide bonds. The summed E-state index contributed by atoms with van der Waals surface area (Å²) < 4.78 is 11.8. The van der Waals surface area contributed by atoms with Crippen molar-refractivity contribution in [2.45, 2.75) is 34.1 Å². The Bertz CT molecular complexity index is 833. The summed E-state index contributed by atoms with van der Waals surface area (Å²) in [6.07, 6.45) is 0.308. The first-order valence-electron chi connectivity index (χ1n) is 10.6. The number of carbonyl (C=O) groups excluding carboxylic acids is 2. The smallest absolute Gasteiger partial charge is 0.255 e. The van der Waals surface area contributed by atoms with Crippen molar-refractivity contribution in [2.24, 2.45) is 0 Å². The van der Waals surface area contributed by atoms with Crippen molar-refractivity contribution in [3.8, 4) is 11.5 Å². The Morgan fingerprint density at radius 2 is 1.63 bits per heavy atom. The summed E-state index contributed by atoms with van der Waals surface area (Å²) in [7, 11) is 0. The van der Waals surface area contributed by atoms with Gasteiger partial charge in [0.05, 0.1) is 12.3 Å². The molecule has 30 heavy (non-hydrogen) atoms. The molecule has 2 aromatic carbocycles. The van der Waals surface area contributed by atoms with Crippen molar-refractivity contribution in [3.05, 3.63) is 53.6 Å². The molecule has 0 aliphatic heterocycles. The number of ether oxygens (including phenoxy) is 2. The SMILES string of the molecule is CCOc1ccc(NC(=O)c2ccccc2)c(OCCN(CC)CC)c1C(=O)CC. The molecule has 6 nitrogen and oxygen atoms in total. The summed E-state index contributed by atoms with van der Waals surface area (Å²) in [6, 6.07) is 12.4. The first-order chi connectivity index (χ1) is 14.5. The topological polar surface area (TPSA) is 67.9 Å². The highest BCUT2D eigenvalue weighted by molar-refractivity contribution is 6.08. The van der Waals surface area contributed by atoms with Crippen LogP contribution < -0.4 is 14.8 Å². The minimum Gasteiger partial charge on any atom is -0.493 e. The van der Waals surface area contributed by atoms with Gasteiger partial charge in [0.15, 0.2) is 11.5 Å². The number of hydrogen-bond acceptors (Lipinski definition) is 5. The fraction of sp³-hybridized carbons (Fsp3) is 0.417. The Hall–Kier alpha value is -2.86. The summed E-state index contributed by atoms with van der Waals surface area (Å²) in [5.41, 5.74) is 1.37. The summed E-state index contributed by atoms with van der Waals surface area (Å²) >= 11 is 0. The predicted molar refractivity (Wildman–Crippen MR) is 120 cm³/mol. The molecule has 6 heteroatoms. The quantitative estimate of drug-likeness (QED) is 0.514. The van der Waals surface area contributed by atoms with Crippen LogP contribution in [0.2, 0.25) is 0 Å². The normalized spacial score (nSPS) is 10.7. The average Bonchev–Trinajstić information content (AvgIpc) is 2.78. The molecule has 0 radical (unpaired) electrons. The zero-order chi connectivity index (χ0) is 21.9. The maximum Gasteiger partial charge on any atom is 0.255 e. The Labute approximate surface area is 179 Å². The third-order valence-electron chi connectivity index (χ3n) is 4.85. The van der Waals surface area contributed by atoms with E-state index in [2.05, 4.69) is 24.1 Å². The van der Waals surface area contributed by atoms with Gasteiger partial charge in [-0.25, -0.2) is 0 Å². The number of hydrogen-bond donors (Lipinski definition) is 1. The van der Waals surface area contributed by atoms with Gasteiger partial charge in [0, 0.05) is 18.5 Å². The summed E-state index contributed by atoms with van der Waals surface area (Å²) in [4.78, 5) is 27.7. The van der Waals surface area contributed by atoms with E-state index in [1.807, 2.05) is 13.0 Å². The zero-order valence-electron chi connectivity index (χ0n) is 18.4. The predicted octanol–water partition coefficient (Wildman–Crippen LogP) is 4.65. The van der Waals surface area contributed by atoms with Gasteiger partial charge in [-0.05, 0) is 44.3 Å². The number of amides is 1. The van der Waals surface area contributed by atoms with Crippen LogP contribution in [0.1, 0.15) is 54.8 Å². The molecule has 0 fully saturated rings. The van der Waals surface area contributed by atoms with Crippen LogP contribution in [-0.2, 0) is 0 Å². The molecule has 0 spiro atoms. The second-order valence-electron chi connectivity index (χ2n) is 6.72. The Morgan fingerprint density at radius 1 is 0.933 bits per heavy atom. The lowest BCUT2D eigenvalue weighted by atomic mass is 10.0. The average molecular weight is 413 g/mol. The van der Waals surface area contributed by atoms with Crippen molar-refractivity contribution in [1.82, 2.24) is 4.90 Å². The van der Waals surface area contributed by atoms with E-state index in [1.54, 1.807) is 43.3 Å². The van der Waals surface area contributed by atoms with E-state index < -0.39 is 0 Å². The van der Waals surface area contributed by atoms with E-state index in [4.69, 9.17) is 9.47 Å². The number of rotatable bonds is 12. The number of anilines is 1. The summed E-state index contributed by atoms with van der Waals surface area (Å²) in [6.45, 7) is 11.2. The Kier molecular flexibility index (Phi) is 9.35. The van der Waals surface area contributed by atoms with E-state index in [-0.39, 0.29) is 11.7 Å². The standard InChI is InChI=1S/C24H32N2O4/c1-5-20(27)22-21(29-8-4)15-14-19(23(22)30-17-16-26(6-2)7-3)25-24(28)18-12-10-9-11-13-18/h9-15H,5-8,16-17H2,1-4H3,(H,25,28). The molecule has 162 valence electrons. The van der Waals surface area contributed by atoms with Crippen molar-refractivity contribution >= 4 is 17.4 Å². The van der Waals surface area contributed by atoms with E-state index >= 15 is 0 Å². The van der Waals surface area contributed by atoms with Gasteiger partial charge in [0.25, 0.3) is 5.91 Å². The van der Waals surface area contributed by atoms with Gasteiger partial charge in [0.2, 0.25) is 0 Å². The Morgan fingerprint density at radius 3 is 2.23 bits per heavy atom. The molecule has 0 saturated heterocycles. The monoisotopic (exact) mass is 412 g/mol. The number of likely N-dealkylation sites (N-methyl/N-ethyl adjacent to an activating group) is 1. The number of nitrogens with one attached hydrogen (secondary N) is 1. The lowest BCUT2D eigenvalue weighted by molar-refractivity contribution is 0.0976. The lowest BCUT2D eigenvalue weighted by Crippen LogP contribution is -2.28. The van der Waals surface area contributed by atoms with Crippen molar-refractivity contribution in [2.75, 3.05) is 38.2 Å². The van der Waals surface area contributed by atoms with Crippen LogP contribution in [0.5, 0.6) is 11.5 Å². The number of carbonyl (C=O) groups is 2. The number of benzene rings is 2. The molecule has 2 rings (SSSR count). The Balaban J connectivity index is 2.40. The number of ketones is 1. The molecular formula is C24H32N2O4. The highest BCUT2D eigenvalue weighted by Crippen LogP contribution is 2.37. The maximum atomic E-state index is 12.8. The number of Topliss-reactive ketones (excluding diaryl/α,β-unsaturated/α-hetero) is 1. The molecule has 0 aromatic heterocycles. The van der Waals surface area contributed by atoms with Crippen LogP contribution in [-0.4, -0.2) is 49.4 Å². The number of nitrogens with zero attached hydrogens (tertiary/aromatic N) is 1. The van der Waals surface area contributed by atoms with Crippen LogP contribution in [0.3, 0.4) is 0 Å². The molecule has 0 bridgehead atoms. The zero-order valence-corrected chi connectivity index (χ0v) is 18.4. The maximum absolute atomic E-state index is 12.8. The lowest BCUT2D eigenvalue weighted by Gasteiger charge is -2.21. The van der Waals surface area contributed by atoms with Gasteiger partial charge in [-0.1, -0.05) is 39.0 Å². The summed E-state index contributed by atoms with van der Waals surface area (Å²) in [5, 5.41) is 2.90. The van der Waals surface area contributed by atoms with E-state index in [0.717, 1.165) is 19.6 Å². The first-order valence-corrected chi connectivity index (χ1v) is 10.6. The van der Waals surface area contributed by atoms with Crippen molar-refractivity contribution in [3.63, 3.8) is 0 Å². The second kappa shape index (κ2) is 12.0. The van der Waals surface area contributed by atoms with Gasteiger partial charge < -0.3 is 19.7 Å². The van der Waals surface area contributed by atoms with Crippen LogP contribution in [0.25, 0.3) is 0 Å². The molecule has 2 aromatic rings. The molecule has 0 unspecified atom stereocenters. The van der Waals surface area contributed by atoms with E-state index in [0.29, 0.717) is 47.9 Å². The minimum absolute atomic E-state index is 0.0906. The van der Waals surface area contributed by atoms with Crippen LogP contribution in [0, 0.1) is 0 Å². The fourth-order valence-electron chi connectivity index (χ4n) is 3.13. The molecule has 0 heterocycles. The van der Waals surface area contributed by atoms with Crippen molar-refractivity contribution < 1.29 is 19.1 Å². The van der Waals surface area contributed by atoms with Crippen molar-refractivity contribution in [1.29, 1.82) is 0 Å². The molecule has 0 aliphatic rings. The van der Waals surface area contributed by atoms with Gasteiger partial charge in [0.1, 0.15) is 17.9 Å². The molecule has 0 saturated carbocycles. The van der Waals surface area contributed by atoms with Gasteiger partial charge >= 0.3 is 0 Å². The minimum atomic E-state index is -0.261. The van der Waals surface area contributed by atoms with Crippen LogP contribution in [0.15, 0.2) is 42.5 Å². The second-order valence-corrected chi connectivity index (χ2v) is 6.72. The van der Waals surface area contributed by atoms with Crippen LogP contribution in [0.4, 0.5) is 5.69 Å². The molecular weight excluding hydrogens is 380 g/mol. The van der Waals surface area contributed by atoms with Gasteiger partial charge in [-0.2, -0.15) is 0 Å². The molecule has 0 atom stereocenters. The van der Waals surface area contributed by atoms with E-state index in [1.165, 1.54) is 0 Å². The van der Waals surface area contributed by atoms with E-state index in [9.17, 15) is 9.59 Å². The highest BCUT2D eigenvalue weighted by atomic mass is 16.5. The largest absolute Gasteiger partial charge is 0.493 e. The highest BCUT2D eigenvalue weighted by Gasteiger charge is 2.23. The first kappa shape index (κ1) is 23.4. The van der Waals surface area contributed by atoms with Crippen LogP contribution >= 0.6 is 0 Å². The molecule has 0 aliphatic carbocycles. The third-order valence-corrected chi connectivity index (χ3v) is 4.85.